The number of benzene rings is 1. The maximum Gasteiger partial charge on any atom is 0.124 e. The predicted molar refractivity (Wildman–Crippen MR) is 76.6 cm³/mol. The van der Waals surface area contributed by atoms with Gasteiger partial charge in [-0.25, -0.2) is 4.39 Å². The highest BCUT2D eigenvalue weighted by Gasteiger charge is 2.37. The van der Waals surface area contributed by atoms with Gasteiger partial charge in [0.05, 0.1) is 12.7 Å². The van der Waals surface area contributed by atoms with Crippen LogP contribution in [0.3, 0.4) is 0 Å². The average molecular weight is 328 g/mol. The van der Waals surface area contributed by atoms with Gasteiger partial charge in [-0.05, 0) is 30.5 Å². The van der Waals surface area contributed by atoms with Crippen LogP contribution < -0.4 is 5.32 Å². The maximum absolute atomic E-state index is 13.1. The van der Waals surface area contributed by atoms with E-state index >= 15 is 0 Å². The van der Waals surface area contributed by atoms with Gasteiger partial charge < -0.3 is 10.1 Å². The average Bonchev–Trinajstić information content (AvgIpc) is 2.41. The van der Waals surface area contributed by atoms with E-state index in [1.165, 1.54) is 44.2 Å². The number of ether oxygens (including phenoxy) is 1. The summed E-state index contributed by atoms with van der Waals surface area (Å²) in [4.78, 5) is 0. The standard InChI is InChI=1S/C15H19BrFNO/c16-13-8-11(17)4-5-12(13)14-9-18-15(10-19-14)6-2-1-3-7-15/h4-5,8,14,18H,1-3,6-7,9-10H2. The van der Waals surface area contributed by atoms with Crippen molar-refractivity contribution in [3.8, 4) is 0 Å². The largest absolute Gasteiger partial charge is 0.370 e. The summed E-state index contributed by atoms with van der Waals surface area (Å²) in [5.41, 5.74) is 1.22. The second-order valence-corrected chi connectivity index (χ2v) is 6.54. The van der Waals surface area contributed by atoms with Crippen LogP contribution in [-0.2, 0) is 4.74 Å². The first-order valence-electron chi connectivity index (χ1n) is 7.00. The van der Waals surface area contributed by atoms with Crippen LogP contribution in [0.4, 0.5) is 4.39 Å². The molecule has 1 atom stereocenters. The number of halogens is 2. The Balaban J connectivity index is 1.69. The Labute approximate surface area is 121 Å². The van der Waals surface area contributed by atoms with Crippen LogP contribution in [0.2, 0.25) is 0 Å². The summed E-state index contributed by atoms with van der Waals surface area (Å²) < 4.78 is 20.0. The molecule has 1 aromatic rings. The minimum Gasteiger partial charge on any atom is -0.370 e. The van der Waals surface area contributed by atoms with E-state index in [1.54, 1.807) is 0 Å². The lowest BCUT2D eigenvalue weighted by Gasteiger charge is -2.44. The molecular formula is C15H19BrFNO. The Morgan fingerprint density at radius 3 is 2.68 bits per heavy atom. The molecule has 2 nitrogen and oxygen atoms in total. The maximum atomic E-state index is 13.1. The van der Waals surface area contributed by atoms with Crippen LogP contribution >= 0.6 is 15.9 Å². The Morgan fingerprint density at radius 2 is 2.05 bits per heavy atom. The van der Waals surface area contributed by atoms with Crippen LogP contribution in [0.15, 0.2) is 22.7 Å². The Bertz CT molecular complexity index is 449. The molecule has 104 valence electrons. The predicted octanol–water partition coefficient (Wildman–Crippen LogP) is 3.95. The zero-order chi connectivity index (χ0) is 13.3. The first-order valence-corrected chi connectivity index (χ1v) is 7.79. The molecular weight excluding hydrogens is 309 g/mol. The van der Waals surface area contributed by atoms with Crippen LogP contribution in [0, 0.1) is 5.82 Å². The van der Waals surface area contributed by atoms with Crippen molar-refractivity contribution in [2.45, 2.75) is 43.7 Å². The van der Waals surface area contributed by atoms with Crippen LogP contribution in [-0.4, -0.2) is 18.7 Å². The zero-order valence-corrected chi connectivity index (χ0v) is 12.5. The van der Waals surface area contributed by atoms with E-state index in [-0.39, 0.29) is 17.5 Å². The highest BCUT2D eigenvalue weighted by molar-refractivity contribution is 9.10. The van der Waals surface area contributed by atoms with Gasteiger partial charge in [0.25, 0.3) is 0 Å². The molecule has 1 spiro atoms. The van der Waals surface area contributed by atoms with Crippen molar-refractivity contribution in [1.82, 2.24) is 5.32 Å². The molecule has 1 aliphatic heterocycles. The molecule has 1 aliphatic carbocycles. The van der Waals surface area contributed by atoms with Crippen LogP contribution in [0.25, 0.3) is 0 Å². The normalized spacial score (nSPS) is 26.5. The first-order chi connectivity index (χ1) is 9.19. The number of hydrogen-bond acceptors (Lipinski definition) is 2. The third-order valence-corrected chi connectivity index (χ3v) is 5.03. The van der Waals surface area contributed by atoms with Gasteiger partial charge in [0.15, 0.2) is 0 Å². The number of morpholine rings is 1. The van der Waals surface area contributed by atoms with Gasteiger partial charge >= 0.3 is 0 Å². The summed E-state index contributed by atoms with van der Waals surface area (Å²) >= 11 is 3.42. The number of rotatable bonds is 1. The zero-order valence-electron chi connectivity index (χ0n) is 10.9. The Kier molecular flexibility index (Phi) is 3.92. The van der Waals surface area contributed by atoms with Gasteiger partial charge in [-0.15, -0.1) is 0 Å². The van der Waals surface area contributed by atoms with Crippen molar-refractivity contribution < 1.29 is 9.13 Å². The fourth-order valence-electron chi connectivity index (χ4n) is 3.19. The third-order valence-electron chi connectivity index (χ3n) is 4.34. The molecule has 0 aromatic heterocycles. The highest BCUT2D eigenvalue weighted by Crippen LogP contribution is 2.35. The molecule has 0 radical (unpaired) electrons. The van der Waals surface area contributed by atoms with E-state index in [0.717, 1.165) is 23.2 Å². The third kappa shape index (κ3) is 2.86. The SMILES string of the molecule is Fc1ccc(C2CNC3(CCCCC3)CO2)c(Br)c1. The van der Waals surface area contributed by atoms with Crippen molar-refractivity contribution in [2.24, 2.45) is 0 Å². The molecule has 4 heteroatoms. The van der Waals surface area contributed by atoms with Crippen molar-refractivity contribution in [1.29, 1.82) is 0 Å². The van der Waals surface area contributed by atoms with E-state index in [1.807, 2.05) is 6.07 Å². The molecule has 1 heterocycles. The van der Waals surface area contributed by atoms with Crippen molar-refractivity contribution in [2.75, 3.05) is 13.2 Å². The van der Waals surface area contributed by atoms with Gasteiger partial charge in [-0.3, -0.25) is 0 Å². The van der Waals surface area contributed by atoms with Gasteiger partial charge in [0, 0.05) is 16.6 Å². The van der Waals surface area contributed by atoms with E-state index in [2.05, 4.69) is 21.2 Å². The second kappa shape index (κ2) is 5.51. The van der Waals surface area contributed by atoms with Gasteiger partial charge in [0.1, 0.15) is 5.82 Å². The molecule has 1 unspecified atom stereocenters. The molecule has 2 fully saturated rings. The van der Waals surface area contributed by atoms with E-state index in [0.29, 0.717) is 0 Å². The molecule has 0 bridgehead atoms. The fourth-order valence-corrected chi connectivity index (χ4v) is 3.80. The van der Waals surface area contributed by atoms with Crippen molar-refractivity contribution >= 4 is 15.9 Å². The lowest BCUT2D eigenvalue weighted by molar-refractivity contribution is -0.0469. The van der Waals surface area contributed by atoms with Crippen LogP contribution in [0.1, 0.15) is 43.8 Å². The summed E-state index contributed by atoms with van der Waals surface area (Å²) in [5.74, 6) is -0.219. The second-order valence-electron chi connectivity index (χ2n) is 5.69. The number of nitrogens with one attached hydrogen (secondary N) is 1. The molecule has 19 heavy (non-hydrogen) atoms. The molecule has 1 saturated carbocycles. The summed E-state index contributed by atoms with van der Waals surface area (Å²) in [7, 11) is 0. The molecule has 1 aromatic carbocycles. The smallest absolute Gasteiger partial charge is 0.124 e. The quantitative estimate of drug-likeness (QED) is 0.843. The molecule has 0 amide bonds. The van der Waals surface area contributed by atoms with Crippen LogP contribution in [0.5, 0.6) is 0 Å². The molecule has 1 N–H and O–H groups in total. The summed E-state index contributed by atoms with van der Waals surface area (Å²) in [6, 6.07) is 4.81. The molecule has 1 saturated heterocycles. The van der Waals surface area contributed by atoms with E-state index in [4.69, 9.17) is 4.74 Å². The van der Waals surface area contributed by atoms with Gasteiger partial charge in [0.2, 0.25) is 0 Å². The Morgan fingerprint density at radius 1 is 1.26 bits per heavy atom. The van der Waals surface area contributed by atoms with E-state index < -0.39 is 0 Å². The van der Waals surface area contributed by atoms with E-state index in [9.17, 15) is 4.39 Å². The minimum atomic E-state index is -0.219. The molecule has 3 rings (SSSR count). The summed E-state index contributed by atoms with van der Waals surface area (Å²) in [5, 5.41) is 3.69. The summed E-state index contributed by atoms with van der Waals surface area (Å²) in [6.45, 7) is 1.58. The first kappa shape index (κ1) is 13.5. The van der Waals surface area contributed by atoms with Crippen molar-refractivity contribution in [3.05, 3.63) is 34.1 Å². The lowest BCUT2D eigenvalue weighted by Crippen LogP contribution is -2.55. The summed E-state index contributed by atoms with van der Waals surface area (Å²) in [6.07, 6.45) is 6.37. The lowest BCUT2D eigenvalue weighted by atomic mass is 9.81. The Hall–Kier alpha value is -0.450. The van der Waals surface area contributed by atoms with Gasteiger partial charge in [-0.2, -0.15) is 0 Å². The van der Waals surface area contributed by atoms with Gasteiger partial charge in [-0.1, -0.05) is 41.3 Å². The molecule has 2 aliphatic rings. The minimum absolute atomic E-state index is 0.0162. The monoisotopic (exact) mass is 327 g/mol. The highest BCUT2D eigenvalue weighted by atomic mass is 79.9. The topological polar surface area (TPSA) is 21.3 Å². The van der Waals surface area contributed by atoms with Crippen molar-refractivity contribution in [3.63, 3.8) is 0 Å². The fraction of sp³-hybridized carbons (Fsp3) is 0.600. The number of hydrogen-bond donors (Lipinski definition) is 1.